The van der Waals surface area contributed by atoms with Crippen molar-refractivity contribution in [2.75, 3.05) is 11.4 Å². The van der Waals surface area contributed by atoms with Crippen LogP contribution in [-0.2, 0) is 11.2 Å². The molecule has 5 heteroatoms. The molecule has 0 radical (unpaired) electrons. The molecule has 0 saturated carbocycles. The zero-order chi connectivity index (χ0) is 15.7. The molecule has 1 atom stereocenters. The van der Waals surface area contributed by atoms with E-state index in [1.54, 1.807) is 0 Å². The minimum atomic E-state index is -0.00794. The number of aryl methyl sites for hydroxylation is 3. The van der Waals surface area contributed by atoms with Gasteiger partial charge in [-0.05, 0) is 43.5 Å². The summed E-state index contributed by atoms with van der Waals surface area (Å²) in [5, 5.41) is 3.99. The Morgan fingerprint density at radius 3 is 2.68 bits per heavy atom. The van der Waals surface area contributed by atoms with Gasteiger partial charge < -0.3 is 9.42 Å². The lowest BCUT2D eigenvalue weighted by Gasteiger charge is -2.17. The molecule has 0 spiro atoms. The van der Waals surface area contributed by atoms with Crippen molar-refractivity contribution >= 4 is 11.6 Å². The van der Waals surface area contributed by atoms with Crippen molar-refractivity contribution in [2.45, 2.75) is 46.0 Å². The van der Waals surface area contributed by atoms with Gasteiger partial charge in [0.1, 0.15) is 0 Å². The molecular weight excluding hydrogens is 278 g/mol. The molecule has 3 rings (SSSR count). The van der Waals surface area contributed by atoms with Crippen molar-refractivity contribution in [3.8, 4) is 0 Å². The first-order valence-corrected chi connectivity index (χ1v) is 7.78. The number of anilines is 1. The highest BCUT2D eigenvalue weighted by molar-refractivity contribution is 5.96. The standard InChI is InChI=1S/C17H21N3O2/c1-4-5-15-18-17(22-19-15)13-9-16(21)20(10-13)14-7-11(2)6-12(3)8-14/h6-8,13H,4-5,9-10H2,1-3H3. The molecule has 22 heavy (non-hydrogen) atoms. The Balaban J connectivity index is 1.80. The third-order valence-electron chi connectivity index (χ3n) is 3.95. The van der Waals surface area contributed by atoms with Gasteiger partial charge in [0.15, 0.2) is 5.82 Å². The van der Waals surface area contributed by atoms with Crippen LogP contribution in [0.25, 0.3) is 0 Å². The SMILES string of the molecule is CCCc1noc(C2CC(=O)N(c3cc(C)cc(C)c3)C2)n1. The average molecular weight is 299 g/mol. The summed E-state index contributed by atoms with van der Waals surface area (Å²) in [6.45, 7) is 6.78. The minimum Gasteiger partial charge on any atom is -0.339 e. The van der Waals surface area contributed by atoms with Crippen LogP contribution < -0.4 is 4.90 Å². The Morgan fingerprint density at radius 2 is 2.00 bits per heavy atom. The molecule has 116 valence electrons. The Hall–Kier alpha value is -2.17. The van der Waals surface area contributed by atoms with Crippen LogP contribution in [0.1, 0.15) is 48.5 Å². The summed E-state index contributed by atoms with van der Waals surface area (Å²) in [7, 11) is 0. The quantitative estimate of drug-likeness (QED) is 0.870. The third kappa shape index (κ3) is 2.89. The number of aromatic nitrogens is 2. The van der Waals surface area contributed by atoms with E-state index < -0.39 is 0 Å². The molecule has 1 aromatic carbocycles. The number of hydrogen-bond donors (Lipinski definition) is 0. The number of amides is 1. The van der Waals surface area contributed by atoms with Crippen molar-refractivity contribution in [3.05, 3.63) is 41.0 Å². The van der Waals surface area contributed by atoms with Crippen LogP contribution in [0.4, 0.5) is 5.69 Å². The number of rotatable bonds is 4. The Labute approximate surface area is 130 Å². The second-order valence-corrected chi connectivity index (χ2v) is 6.05. The monoisotopic (exact) mass is 299 g/mol. The number of carbonyl (C=O) groups excluding carboxylic acids is 1. The van der Waals surface area contributed by atoms with Crippen molar-refractivity contribution in [1.82, 2.24) is 10.1 Å². The van der Waals surface area contributed by atoms with Crippen LogP contribution in [0.2, 0.25) is 0 Å². The highest BCUT2D eigenvalue weighted by Gasteiger charge is 2.35. The first-order valence-electron chi connectivity index (χ1n) is 7.78. The summed E-state index contributed by atoms with van der Waals surface area (Å²) in [5.74, 6) is 1.43. The average Bonchev–Trinajstić information content (AvgIpc) is 3.05. The number of hydrogen-bond acceptors (Lipinski definition) is 4. The van der Waals surface area contributed by atoms with E-state index in [4.69, 9.17) is 4.52 Å². The first-order chi connectivity index (χ1) is 10.6. The maximum atomic E-state index is 12.3. The molecular formula is C17H21N3O2. The van der Waals surface area contributed by atoms with Crippen LogP contribution in [0.3, 0.4) is 0 Å². The van der Waals surface area contributed by atoms with Crippen LogP contribution in [0, 0.1) is 13.8 Å². The lowest BCUT2D eigenvalue weighted by Crippen LogP contribution is -2.24. The maximum absolute atomic E-state index is 12.3. The molecule has 1 amide bonds. The zero-order valence-corrected chi connectivity index (χ0v) is 13.3. The van der Waals surface area contributed by atoms with E-state index in [9.17, 15) is 4.79 Å². The summed E-state index contributed by atoms with van der Waals surface area (Å²) in [6, 6.07) is 6.20. The van der Waals surface area contributed by atoms with Gasteiger partial charge in [-0.15, -0.1) is 0 Å². The van der Waals surface area contributed by atoms with Gasteiger partial charge >= 0.3 is 0 Å². The Bertz CT molecular complexity index is 673. The lowest BCUT2D eigenvalue weighted by molar-refractivity contribution is -0.117. The van der Waals surface area contributed by atoms with Gasteiger partial charge in [-0.3, -0.25) is 4.79 Å². The summed E-state index contributed by atoms with van der Waals surface area (Å²) < 4.78 is 5.34. The summed E-state index contributed by atoms with van der Waals surface area (Å²) in [5.41, 5.74) is 3.28. The predicted molar refractivity (Wildman–Crippen MR) is 83.9 cm³/mol. The molecule has 1 aromatic heterocycles. The molecule has 0 aliphatic carbocycles. The molecule has 2 aromatic rings. The summed E-state index contributed by atoms with van der Waals surface area (Å²) in [4.78, 5) is 18.6. The molecule has 2 heterocycles. The van der Waals surface area contributed by atoms with Gasteiger partial charge in [-0.25, -0.2) is 0 Å². The first kappa shape index (κ1) is 14.8. The number of benzene rings is 1. The fourth-order valence-corrected chi connectivity index (χ4v) is 2.99. The van der Waals surface area contributed by atoms with E-state index in [-0.39, 0.29) is 11.8 Å². The van der Waals surface area contributed by atoms with Crippen molar-refractivity contribution in [1.29, 1.82) is 0 Å². The Kier molecular flexibility index (Phi) is 3.96. The van der Waals surface area contributed by atoms with Crippen molar-refractivity contribution in [2.24, 2.45) is 0 Å². The van der Waals surface area contributed by atoms with Crippen LogP contribution in [0.5, 0.6) is 0 Å². The third-order valence-corrected chi connectivity index (χ3v) is 3.95. The van der Waals surface area contributed by atoms with Crippen molar-refractivity contribution in [3.63, 3.8) is 0 Å². The van der Waals surface area contributed by atoms with Crippen LogP contribution in [0.15, 0.2) is 22.7 Å². The van der Waals surface area contributed by atoms with Gasteiger partial charge in [-0.2, -0.15) is 4.98 Å². The molecule has 1 saturated heterocycles. The molecule has 1 fully saturated rings. The molecule has 0 bridgehead atoms. The molecule has 0 N–H and O–H groups in total. The second-order valence-electron chi connectivity index (χ2n) is 6.05. The van der Waals surface area contributed by atoms with Crippen molar-refractivity contribution < 1.29 is 9.32 Å². The van der Waals surface area contributed by atoms with Gasteiger partial charge in [0, 0.05) is 25.1 Å². The van der Waals surface area contributed by atoms with Crippen LogP contribution in [-0.4, -0.2) is 22.6 Å². The molecule has 1 aliphatic rings. The predicted octanol–water partition coefficient (Wildman–Crippen LogP) is 3.16. The van der Waals surface area contributed by atoms with E-state index in [0.717, 1.165) is 35.5 Å². The van der Waals surface area contributed by atoms with E-state index in [2.05, 4.69) is 23.1 Å². The maximum Gasteiger partial charge on any atom is 0.232 e. The highest BCUT2D eigenvalue weighted by atomic mass is 16.5. The summed E-state index contributed by atoms with van der Waals surface area (Å²) in [6.07, 6.45) is 2.23. The summed E-state index contributed by atoms with van der Waals surface area (Å²) >= 11 is 0. The molecule has 5 nitrogen and oxygen atoms in total. The Morgan fingerprint density at radius 1 is 1.27 bits per heavy atom. The fraction of sp³-hybridized carbons (Fsp3) is 0.471. The fourth-order valence-electron chi connectivity index (χ4n) is 2.99. The second kappa shape index (κ2) is 5.91. The van der Waals surface area contributed by atoms with E-state index in [1.165, 1.54) is 0 Å². The topological polar surface area (TPSA) is 59.2 Å². The lowest BCUT2D eigenvalue weighted by atomic mass is 10.1. The largest absolute Gasteiger partial charge is 0.339 e. The smallest absolute Gasteiger partial charge is 0.232 e. The highest BCUT2D eigenvalue weighted by Crippen LogP contribution is 2.31. The van der Waals surface area contributed by atoms with Gasteiger partial charge in [0.25, 0.3) is 0 Å². The molecule has 1 aliphatic heterocycles. The van der Waals surface area contributed by atoms with Gasteiger partial charge in [0.2, 0.25) is 11.8 Å². The van der Waals surface area contributed by atoms with Gasteiger partial charge in [-0.1, -0.05) is 18.1 Å². The number of nitrogens with zero attached hydrogens (tertiary/aromatic N) is 3. The van der Waals surface area contributed by atoms with Gasteiger partial charge in [0.05, 0.1) is 5.92 Å². The number of carbonyl (C=O) groups is 1. The van der Waals surface area contributed by atoms with E-state index in [0.29, 0.717) is 18.9 Å². The molecule has 1 unspecified atom stereocenters. The van der Waals surface area contributed by atoms with Crippen LogP contribution >= 0.6 is 0 Å². The van der Waals surface area contributed by atoms with E-state index in [1.807, 2.05) is 30.9 Å². The van der Waals surface area contributed by atoms with E-state index >= 15 is 0 Å². The zero-order valence-electron chi connectivity index (χ0n) is 13.3. The minimum absolute atomic E-state index is 0.00794. The normalized spacial score (nSPS) is 18.2.